The lowest BCUT2D eigenvalue weighted by Crippen LogP contribution is -2.42. The van der Waals surface area contributed by atoms with Crippen molar-refractivity contribution in [3.05, 3.63) is 54.0 Å². The number of amides is 1. The van der Waals surface area contributed by atoms with Crippen molar-refractivity contribution in [3.8, 4) is 0 Å². The quantitative estimate of drug-likeness (QED) is 0.774. The predicted octanol–water partition coefficient (Wildman–Crippen LogP) is 2.01. The van der Waals surface area contributed by atoms with E-state index in [0.717, 1.165) is 24.1 Å². The summed E-state index contributed by atoms with van der Waals surface area (Å²) in [4.78, 5) is 14.2. The number of nitrogens with zero attached hydrogens (tertiary/aromatic N) is 3. The molecule has 24 heavy (non-hydrogen) atoms. The number of piperidine rings is 1. The number of hydrogen-bond acceptors (Lipinski definition) is 3. The van der Waals surface area contributed by atoms with Gasteiger partial charge < -0.3 is 14.6 Å². The number of aliphatic hydroxyl groups is 1. The van der Waals surface area contributed by atoms with Crippen molar-refractivity contribution < 1.29 is 9.90 Å². The van der Waals surface area contributed by atoms with Crippen LogP contribution in [0.2, 0.25) is 0 Å². The van der Waals surface area contributed by atoms with Gasteiger partial charge in [0.2, 0.25) is 0 Å². The number of aliphatic hydroxyl groups excluding tert-OH is 1. The number of nitrogens with one attached hydrogen (secondary N) is 1. The summed E-state index contributed by atoms with van der Waals surface area (Å²) in [5, 5.41) is 18.0. The molecule has 4 rings (SSSR count). The van der Waals surface area contributed by atoms with Crippen molar-refractivity contribution in [1.82, 2.24) is 19.7 Å². The zero-order valence-electron chi connectivity index (χ0n) is 13.4. The molecule has 1 aromatic carbocycles. The average molecular weight is 324 g/mol. The maximum Gasteiger partial charge on any atom is 0.274 e. The topological polar surface area (TPSA) is 74.2 Å². The zero-order valence-corrected chi connectivity index (χ0v) is 13.4. The van der Waals surface area contributed by atoms with Crippen molar-refractivity contribution in [1.29, 1.82) is 0 Å². The van der Waals surface area contributed by atoms with Crippen LogP contribution in [0.1, 0.15) is 29.0 Å². The van der Waals surface area contributed by atoms with E-state index >= 15 is 0 Å². The van der Waals surface area contributed by atoms with Gasteiger partial charge in [0.1, 0.15) is 5.69 Å². The number of carbonyl (C=O) groups is 1. The van der Waals surface area contributed by atoms with Crippen molar-refractivity contribution in [2.75, 3.05) is 13.1 Å². The van der Waals surface area contributed by atoms with Crippen molar-refractivity contribution >= 4 is 16.8 Å². The van der Waals surface area contributed by atoms with E-state index in [0.29, 0.717) is 25.3 Å². The van der Waals surface area contributed by atoms with Crippen molar-refractivity contribution in [3.63, 3.8) is 0 Å². The minimum atomic E-state index is -0.424. The lowest BCUT2D eigenvalue weighted by Gasteiger charge is -2.29. The molecule has 1 saturated heterocycles. The summed E-state index contributed by atoms with van der Waals surface area (Å²) in [5.41, 5.74) is 2.45. The molecule has 1 aliphatic rings. The number of β-amino-alcohol motifs (C(OH)–C–C–N with tert-alkyl or cyclic N) is 1. The monoisotopic (exact) mass is 324 g/mol. The van der Waals surface area contributed by atoms with E-state index in [-0.39, 0.29) is 5.91 Å². The highest BCUT2D eigenvalue weighted by Gasteiger charge is 2.24. The molecule has 6 heteroatoms. The van der Waals surface area contributed by atoms with Crippen LogP contribution in [0.3, 0.4) is 0 Å². The normalized spacial score (nSPS) is 18.2. The Morgan fingerprint density at radius 3 is 3.08 bits per heavy atom. The summed E-state index contributed by atoms with van der Waals surface area (Å²) in [7, 11) is 0. The van der Waals surface area contributed by atoms with E-state index in [9.17, 15) is 9.90 Å². The van der Waals surface area contributed by atoms with Gasteiger partial charge in [-0.25, -0.2) is 0 Å². The second-order valence-electron chi connectivity index (χ2n) is 6.33. The molecule has 124 valence electrons. The van der Waals surface area contributed by atoms with E-state index in [2.05, 4.69) is 33.0 Å². The van der Waals surface area contributed by atoms with Crippen LogP contribution in [0.25, 0.3) is 10.9 Å². The van der Waals surface area contributed by atoms with Gasteiger partial charge in [-0.05, 0) is 36.4 Å². The van der Waals surface area contributed by atoms with E-state index in [1.807, 2.05) is 18.3 Å². The van der Waals surface area contributed by atoms with Crippen LogP contribution >= 0.6 is 0 Å². The first-order valence-electron chi connectivity index (χ1n) is 8.26. The maximum absolute atomic E-state index is 12.5. The number of H-pyrrole nitrogens is 1. The number of rotatable bonds is 3. The molecule has 1 atom stereocenters. The average Bonchev–Trinajstić information content (AvgIpc) is 3.22. The lowest BCUT2D eigenvalue weighted by molar-refractivity contribution is 0.0469. The fourth-order valence-electron chi connectivity index (χ4n) is 3.32. The minimum absolute atomic E-state index is 0.117. The van der Waals surface area contributed by atoms with E-state index < -0.39 is 6.10 Å². The number of hydrogen-bond donors (Lipinski definition) is 2. The summed E-state index contributed by atoms with van der Waals surface area (Å²) in [6.45, 7) is 1.71. The molecule has 1 aliphatic heterocycles. The molecule has 3 heterocycles. The third kappa shape index (κ3) is 2.80. The Hall–Kier alpha value is -2.60. The van der Waals surface area contributed by atoms with Crippen LogP contribution in [0.5, 0.6) is 0 Å². The standard InChI is InChI=1S/C18H20N4O2/c23-15-5-3-8-22(12-15)18(24)16-10-14(19-20-16)11-21-9-7-13-4-1-2-6-17(13)21/h1-2,4,6-7,9-10,15,23H,3,5,8,11-12H2,(H,19,20). The Morgan fingerprint density at radius 2 is 2.21 bits per heavy atom. The Labute approximate surface area is 139 Å². The van der Waals surface area contributed by atoms with Crippen LogP contribution < -0.4 is 0 Å². The van der Waals surface area contributed by atoms with E-state index in [1.54, 1.807) is 11.0 Å². The Morgan fingerprint density at radius 1 is 1.33 bits per heavy atom. The van der Waals surface area contributed by atoms with Gasteiger partial charge in [-0.15, -0.1) is 0 Å². The van der Waals surface area contributed by atoms with Gasteiger partial charge in [0.15, 0.2) is 0 Å². The van der Waals surface area contributed by atoms with Gasteiger partial charge in [-0.3, -0.25) is 9.89 Å². The Bertz CT molecular complexity index is 867. The molecule has 0 saturated carbocycles. The molecule has 2 N–H and O–H groups in total. The van der Waals surface area contributed by atoms with Gasteiger partial charge in [-0.1, -0.05) is 18.2 Å². The number of fused-ring (bicyclic) bond motifs is 1. The number of benzene rings is 1. The summed E-state index contributed by atoms with van der Waals surface area (Å²) in [6.07, 6.45) is 3.21. The number of para-hydroxylation sites is 1. The summed E-state index contributed by atoms with van der Waals surface area (Å²) in [6, 6.07) is 12.1. The van der Waals surface area contributed by atoms with Crippen LogP contribution in [-0.2, 0) is 6.54 Å². The molecule has 2 aromatic heterocycles. The fraction of sp³-hybridized carbons (Fsp3) is 0.333. The van der Waals surface area contributed by atoms with Crippen molar-refractivity contribution in [2.24, 2.45) is 0 Å². The second-order valence-corrected chi connectivity index (χ2v) is 6.33. The van der Waals surface area contributed by atoms with Gasteiger partial charge in [0.05, 0.1) is 18.3 Å². The third-order valence-corrected chi connectivity index (χ3v) is 4.55. The first kappa shape index (κ1) is 15.0. The zero-order chi connectivity index (χ0) is 16.5. The number of aromatic amines is 1. The summed E-state index contributed by atoms with van der Waals surface area (Å²) < 4.78 is 2.13. The molecule has 0 spiro atoms. The molecule has 1 fully saturated rings. The molecule has 6 nitrogen and oxygen atoms in total. The van der Waals surface area contributed by atoms with Crippen LogP contribution in [-0.4, -0.2) is 49.9 Å². The number of likely N-dealkylation sites (tertiary alicyclic amines) is 1. The lowest BCUT2D eigenvalue weighted by atomic mass is 10.1. The van der Waals surface area contributed by atoms with Gasteiger partial charge >= 0.3 is 0 Å². The number of aromatic nitrogens is 3. The van der Waals surface area contributed by atoms with Crippen molar-refractivity contribution in [2.45, 2.75) is 25.5 Å². The molecular formula is C18H20N4O2. The molecule has 0 bridgehead atoms. The van der Waals surface area contributed by atoms with Crippen LogP contribution in [0.4, 0.5) is 0 Å². The Balaban J connectivity index is 1.51. The second kappa shape index (κ2) is 6.13. The minimum Gasteiger partial charge on any atom is -0.391 e. The molecule has 3 aromatic rings. The summed E-state index contributed by atoms with van der Waals surface area (Å²) in [5.74, 6) is -0.117. The van der Waals surface area contributed by atoms with Gasteiger partial charge in [0, 0.05) is 24.8 Å². The molecule has 0 radical (unpaired) electrons. The molecule has 0 aliphatic carbocycles. The first-order chi connectivity index (χ1) is 11.7. The SMILES string of the molecule is O=C(c1cc(Cn2ccc3ccccc32)[nH]n1)N1CCCC(O)C1. The molecule has 1 unspecified atom stereocenters. The van der Waals surface area contributed by atoms with Crippen LogP contribution in [0.15, 0.2) is 42.6 Å². The Kier molecular flexibility index (Phi) is 3.82. The molecular weight excluding hydrogens is 304 g/mol. The predicted molar refractivity (Wildman–Crippen MR) is 90.8 cm³/mol. The maximum atomic E-state index is 12.5. The smallest absolute Gasteiger partial charge is 0.274 e. The van der Waals surface area contributed by atoms with Crippen LogP contribution in [0, 0.1) is 0 Å². The fourth-order valence-corrected chi connectivity index (χ4v) is 3.32. The first-order valence-corrected chi connectivity index (χ1v) is 8.26. The largest absolute Gasteiger partial charge is 0.391 e. The molecule has 1 amide bonds. The van der Waals surface area contributed by atoms with E-state index in [4.69, 9.17) is 0 Å². The van der Waals surface area contributed by atoms with Gasteiger partial charge in [-0.2, -0.15) is 5.10 Å². The highest BCUT2D eigenvalue weighted by Crippen LogP contribution is 2.17. The highest BCUT2D eigenvalue weighted by molar-refractivity contribution is 5.92. The third-order valence-electron chi connectivity index (χ3n) is 4.55. The highest BCUT2D eigenvalue weighted by atomic mass is 16.3. The van der Waals surface area contributed by atoms with Gasteiger partial charge in [0.25, 0.3) is 5.91 Å². The van der Waals surface area contributed by atoms with E-state index in [1.165, 1.54) is 5.39 Å². The number of carbonyl (C=O) groups excluding carboxylic acids is 1. The summed E-state index contributed by atoms with van der Waals surface area (Å²) >= 11 is 0.